The van der Waals surface area contributed by atoms with Crippen molar-refractivity contribution >= 4 is 35.8 Å². The van der Waals surface area contributed by atoms with Crippen LogP contribution in [-0.4, -0.2) is 36.9 Å². The summed E-state index contributed by atoms with van der Waals surface area (Å²) in [7, 11) is 1.79. The van der Waals surface area contributed by atoms with Crippen molar-refractivity contribution in [1.82, 2.24) is 10.2 Å². The molecule has 1 fully saturated rings. The Balaban J connectivity index is 0.00000261. The molecule has 0 unspecified atom stereocenters. The number of halogens is 1. The topological polar surface area (TPSA) is 83.9 Å². The minimum absolute atomic E-state index is 0. The molecule has 0 bridgehead atoms. The third-order valence-electron chi connectivity index (χ3n) is 4.82. The number of rotatable bonds is 5. The second-order valence-corrected chi connectivity index (χ2v) is 6.65. The molecule has 146 valence electrons. The number of furan rings is 1. The van der Waals surface area contributed by atoms with Gasteiger partial charge in [-0.25, -0.2) is 0 Å². The van der Waals surface area contributed by atoms with Gasteiger partial charge < -0.3 is 20.4 Å². The van der Waals surface area contributed by atoms with Crippen molar-refractivity contribution in [2.45, 2.75) is 25.8 Å². The van der Waals surface area contributed by atoms with Gasteiger partial charge in [0.25, 0.3) is 5.91 Å². The molecule has 27 heavy (non-hydrogen) atoms. The minimum atomic E-state index is -0.555. The average Bonchev–Trinajstić information content (AvgIpc) is 3.14. The highest BCUT2D eigenvalue weighted by atomic mass is 127. The highest BCUT2D eigenvalue weighted by molar-refractivity contribution is 14.0. The van der Waals surface area contributed by atoms with E-state index < -0.39 is 5.91 Å². The number of benzene rings is 1. The molecule has 1 saturated heterocycles. The first-order valence-electron chi connectivity index (χ1n) is 9.03. The Morgan fingerprint density at radius 1 is 1.22 bits per heavy atom. The number of guanidine groups is 1. The summed E-state index contributed by atoms with van der Waals surface area (Å²) in [5, 5.41) is 3.30. The standard InChI is InChI=1S/C20H26N4O2.HI/c1-22-20(23-14-17-7-8-18(26-17)19(21)25)24-11-9-16(10-12-24)13-15-5-3-2-4-6-15;/h2-8,16H,9-14H2,1H3,(H2,21,25)(H,22,23);1H. The number of piperidine rings is 1. The molecule has 1 aliphatic rings. The molecule has 0 saturated carbocycles. The van der Waals surface area contributed by atoms with Crippen molar-refractivity contribution in [3.8, 4) is 0 Å². The third kappa shape index (κ3) is 5.98. The smallest absolute Gasteiger partial charge is 0.284 e. The molecule has 0 spiro atoms. The number of carbonyl (C=O) groups is 1. The van der Waals surface area contributed by atoms with Crippen molar-refractivity contribution in [2.24, 2.45) is 16.6 Å². The second kappa shape index (κ2) is 10.3. The fraction of sp³-hybridized carbons (Fsp3) is 0.400. The van der Waals surface area contributed by atoms with Gasteiger partial charge in [-0.1, -0.05) is 30.3 Å². The van der Waals surface area contributed by atoms with E-state index in [0.29, 0.717) is 12.3 Å². The first-order valence-corrected chi connectivity index (χ1v) is 9.03. The monoisotopic (exact) mass is 482 g/mol. The number of carbonyl (C=O) groups excluding carboxylic acids is 1. The fourth-order valence-electron chi connectivity index (χ4n) is 3.40. The maximum atomic E-state index is 11.1. The van der Waals surface area contributed by atoms with Crippen LogP contribution in [0, 0.1) is 5.92 Å². The molecule has 2 heterocycles. The molecule has 3 N–H and O–H groups in total. The van der Waals surface area contributed by atoms with Gasteiger partial charge in [0.1, 0.15) is 5.76 Å². The van der Waals surface area contributed by atoms with Gasteiger partial charge in [0, 0.05) is 20.1 Å². The fourth-order valence-corrected chi connectivity index (χ4v) is 3.40. The summed E-state index contributed by atoms with van der Waals surface area (Å²) in [4.78, 5) is 17.7. The number of hydrogen-bond donors (Lipinski definition) is 2. The lowest BCUT2D eigenvalue weighted by Crippen LogP contribution is -2.45. The lowest BCUT2D eigenvalue weighted by atomic mass is 9.90. The number of primary amides is 1. The summed E-state index contributed by atoms with van der Waals surface area (Å²) in [5.74, 6) is 1.87. The van der Waals surface area contributed by atoms with E-state index in [1.165, 1.54) is 5.56 Å². The maximum absolute atomic E-state index is 11.1. The van der Waals surface area contributed by atoms with E-state index in [1.807, 2.05) is 0 Å². The second-order valence-electron chi connectivity index (χ2n) is 6.65. The first kappa shape index (κ1) is 21.3. The van der Waals surface area contributed by atoms with Crippen LogP contribution in [-0.2, 0) is 13.0 Å². The normalized spacial score (nSPS) is 15.3. The van der Waals surface area contributed by atoms with Gasteiger partial charge in [-0.3, -0.25) is 9.79 Å². The largest absolute Gasteiger partial charge is 0.454 e. The Morgan fingerprint density at radius 3 is 2.52 bits per heavy atom. The molecular formula is C20H27IN4O2. The van der Waals surface area contributed by atoms with E-state index >= 15 is 0 Å². The highest BCUT2D eigenvalue weighted by Gasteiger charge is 2.21. The van der Waals surface area contributed by atoms with Crippen molar-refractivity contribution in [2.75, 3.05) is 20.1 Å². The zero-order chi connectivity index (χ0) is 18.4. The van der Waals surface area contributed by atoms with E-state index in [1.54, 1.807) is 19.2 Å². The van der Waals surface area contributed by atoms with E-state index in [2.05, 4.69) is 45.5 Å². The number of nitrogens with two attached hydrogens (primary N) is 1. The molecule has 1 aromatic carbocycles. The first-order chi connectivity index (χ1) is 12.7. The third-order valence-corrected chi connectivity index (χ3v) is 4.82. The molecule has 1 aromatic heterocycles. The number of nitrogens with one attached hydrogen (secondary N) is 1. The van der Waals surface area contributed by atoms with Gasteiger partial charge in [-0.15, -0.1) is 24.0 Å². The Bertz CT molecular complexity index is 752. The Labute approximate surface area is 177 Å². The van der Waals surface area contributed by atoms with Gasteiger partial charge in [0.2, 0.25) is 0 Å². The molecule has 3 rings (SSSR count). The average molecular weight is 482 g/mol. The number of aliphatic imine (C=N–C) groups is 1. The predicted octanol–water partition coefficient (Wildman–Crippen LogP) is 3.03. The zero-order valence-electron chi connectivity index (χ0n) is 15.6. The van der Waals surface area contributed by atoms with Crippen LogP contribution >= 0.6 is 24.0 Å². The summed E-state index contributed by atoms with van der Waals surface area (Å²) >= 11 is 0. The van der Waals surface area contributed by atoms with Crippen LogP contribution in [0.15, 0.2) is 51.9 Å². The summed E-state index contributed by atoms with van der Waals surface area (Å²) in [6.07, 6.45) is 3.45. The van der Waals surface area contributed by atoms with Gasteiger partial charge in [-0.2, -0.15) is 0 Å². The summed E-state index contributed by atoms with van der Waals surface area (Å²) in [6, 6.07) is 14.0. The van der Waals surface area contributed by atoms with Crippen LogP contribution in [0.1, 0.15) is 34.7 Å². The van der Waals surface area contributed by atoms with Gasteiger partial charge in [0.05, 0.1) is 6.54 Å². The van der Waals surface area contributed by atoms with E-state index in [-0.39, 0.29) is 29.7 Å². The summed E-state index contributed by atoms with van der Waals surface area (Å²) in [5.41, 5.74) is 6.62. The number of likely N-dealkylation sites (tertiary alicyclic amines) is 1. The molecule has 0 radical (unpaired) electrons. The molecule has 6 nitrogen and oxygen atoms in total. The lowest BCUT2D eigenvalue weighted by Gasteiger charge is -2.34. The minimum Gasteiger partial charge on any atom is -0.454 e. The molecular weight excluding hydrogens is 455 g/mol. The zero-order valence-corrected chi connectivity index (χ0v) is 17.9. The SMILES string of the molecule is CN=C(NCc1ccc(C(N)=O)o1)N1CCC(Cc2ccccc2)CC1.I. The van der Waals surface area contributed by atoms with Crippen molar-refractivity contribution in [3.05, 3.63) is 59.5 Å². The van der Waals surface area contributed by atoms with Crippen molar-refractivity contribution < 1.29 is 9.21 Å². The number of hydrogen-bond acceptors (Lipinski definition) is 3. The van der Waals surface area contributed by atoms with Gasteiger partial charge in [-0.05, 0) is 42.9 Å². The molecule has 0 aliphatic carbocycles. The number of nitrogens with zero attached hydrogens (tertiary/aromatic N) is 2. The van der Waals surface area contributed by atoms with E-state index in [4.69, 9.17) is 10.2 Å². The molecule has 1 amide bonds. The molecule has 1 aliphatic heterocycles. The van der Waals surface area contributed by atoms with Crippen molar-refractivity contribution in [1.29, 1.82) is 0 Å². The van der Waals surface area contributed by atoms with E-state index in [9.17, 15) is 4.79 Å². The molecule has 0 atom stereocenters. The van der Waals surface area contributed by atoms with Gasteiger partial charge in [0.15, 0.2) is 11.7 Å². The quantitative estimate of drug-likeness (QED) is 0.390. The maximum Gasteiger partial charge on any atom is 0.284 e. The highest BCUT2D eigenvalue weighted by Crippen LogP contribution is 2.21. The predicted molar refractivity (Wildman–Crippen MR) is 117 cm³/mol. The van der Waals surface area contributed by atoms with Crippen LogP contribution in [0.2, 0.25) is 0 Å². The van der Waals surface area contributed by atoms with Gasteiger partial charge >= 0.3 is 0 Å². The lowest BCUT2D eigenvalue weighted by molar-refractivity contribution is 0.0972. The van der Waals surface area contributed by atoms with Crippen LogP contribution in [0.4, 0.5) is 0 Å². The van der Waals surface area contributed by atoms with Crippen LogP contribution in [0.5, 0.6) is 0 Å². The molecule has 2 aromatic rings. The Kier molecular flexibility index (Phi) is 8.15. The Morgan fingerprint density at radius 2 is 1.93 bits per heavy atom. The molecule has 7 heteroatoms. The van der Waals surface area contributed by atoms with Crippen LogP contribution in [0.3, 0.4) is 0 Å². The Hall–Kier alpha value is -2.03. The van der Waals surface area contributed by atoms with Crippen molar-refractivity contribution in [3.63, 3.8) is 0 Å². The van der Waals surface area contributed by atoms with Crippen LogP contribution in [0.25, 0.3) is 0 Å². The summed E-state index contributed by atoms with van der Waals surface area (Å²) < 4.78 is 5.40. The number of amides is 1. The van der Waals surface area contributed by atoms with Crippen LogP contribution < -0.4 is 11.1 Å². The van der Waals surface area contributed by atoms with E-state index in [0.717, 1.165) is 44.2 Å². The summed E-state index contributed by atoms with van der Waals surface area (Å²) in [6.45, 7) is 2.45.